The Balaban J connectivity index is 1.33. The highest BCUT2D eigenvalue weighted by molar-refractivity contribution is 7.81. The minimum absolute atomic E-state index is 0.0129. The van der Waals surface area contributed by atoms with Crippen LogP contribution < -0.4 is 16.0 Å². The van der Waals surface area contributed by atoms with Gasteiger partial charge in [0.15, 0.2) is 24.4 Å². The van der Waals surface area contributed by atoms with Crippen LogP contribution >= 0.6 is 0 Å². The second-order valence-corrected chi connectivity index (χ2v) is 21.5. The molecule has 32 heteroatoms. The van der Waals surface area contributed by atoms with Crippen LogP contribution in [0.1, 0.15) is 89.0 Å². The molecule has 2 aliphatic heterocycles. The molecule has 0 radical (unpaired) electrons. The van der Waals surface area contributed by atoms with Crippen molar-refractivity contribution in [3.63, 3.8) is 0 Å². The Bertz CT molecular complexity index is 2200. The summed E-state index contributed by atoms with van der Waals surface area (Å²) in [6, 6.07) is -1.41. The fraction of sp³-hybridized carbons (Fsp3) is 0.857. The maximum atomic E-state index is 14.0. The van der Waals surface area contributed by atoms with Gasteiger partial charge in [-0.15, -0.1) is 5.10 Å². The second-order valence-electron chi connectivity index (χ2n) is 19.3. The van der Waals surface area contributed by atoms with Gasteiger partial charge in [-0.05, 0) is 38.0 Å². The van der Waals surface area contributed by atoms with Gasteiger partial charge in [0.05, 0.1) is 62.9 Å². The van der Waals surface area contributed by atoms with Crippen LogP contribution in [0, 0.1) is 23.2 Å². The van der Waals surface area contributed by atoms with Crippen LogP contribution in [-0.4, -0.2) is 220 Å². The van der Waals surface area contributed by atoms with Crippen molar-refractivity contribution in [1.29, 1.82) is 0 Å². The van der Waals surface area contributed by atoms with Gasteiger partial charge in [0.25, 0.3) is 5.91 Å². The van der Waals surface area contributed by atoms with E-state index in [9.17, 15) is 71.8 Å². The summed E-state index contributed by atoms with van der Waals surface area (Å²) in [5.41, 5.74) is -2.33. The van der Waals surface area contributed by atoms with Gasteiger partial charge in [-0.25, -0.2) is 13.2 Å². The molecule has 0 bridgehead atoms. The zero-order valence-corrected chi connectivity index (χ0v) is 42.6. The Hall–Kier alpha value is -3.68. The van der Waals surface area contributed by atoms with E-state index in [4.69, 9.17) is 32.8 Å². The molecule has 2 saturated carbocycles. The number of ether oxygens (including phenoxy) is 5. The SMILES string of the molecule is CCC1CC(C(=O)NCCNC(=O)c2cn(CC(CO)(COS(=O)(=O)O)COS(=O)(=O)O)nn2)C[C@@H](O[C@@H]2O[C@@H](CO)[C@H](O)C(OC(CC3CCCCC3)C(=O)O)C2NC(C)=O)[C@@H]1O[C@@H]1OC(C)[C@@H](O)[C@H](O)C1O. The van der Waals surface area contributed by atoms with Gasteiger partial charge in [0.1, 0.15) is 42.7 Å². The standard InChI is InChI=1S/C42H70N6O24S2/c1-4-24-13-25(37(56)43-10-11-44-38(57)26-15-48(47-46-26)17-42(18-50,19-66-73(60,61)62)20-67-74(63,64)65)14-27(35(24)72-41-34(55)33(54)31(52)21(2)68-41)70-40-30(45-22(3)51)36(32(53)29(16-49)71-40)69-28(39(58)59)12-23-8-6-5-7-9-23/h15,21,23-25,27-36,40-41,49-50,52-55H,4-14,16-20H2,1-3H3,(H,43,56)(H,44,57)(H,45,51)(H,58,59)(H,60,61,62)(H,63,64,65)/t21?,24?,25?,27-,28?,29+,30?,31-,32+,33+,34?,35-,36?,40-,41+/m1/s1. The lowest BCUT2D eigenvalue weighted by Gasteiger charge is -2.49. The highest BCUT2D eigenvalue weighted by atomic mass is 32.3. The van der Waals surface area contributed by atoms with E-state index in [0.717, 1.165) is 49.9 Å². The van der Waals surface area contributed by atoms with Gasteiger partial charge in [0.2, 0.25) is 11.8 Å². The number of aliphatic carboxylic acids is 1. The van der Waals surface area contributed by atoms with Crippen molar-refractivity contribution >= 4 is 44.5 Å². The summed E-state index contributed by atoms with van der Waals surface area (Å²) in [7, 11) is -10.2. The molecule has 74 heavy (non-hydrogen) atoms. The molecule has 12 N–H and O–H groups in total. The summed E-state index contributed by atoms with van der Waals surface area (Å²) in [5, 5.41) is 89.6. The number of nitrogens with zero attached hydrogens (tertiary/aromatic N) is 3. The van der Waals surface area contributed by atoms with Crippen molar-refractivity contribution in [3.05, 3.63) is 11.9 Å². The summed E-state index contributed by atoms with van der Waals surface area (Å²) in [4.78, 5) is 52.5. The van der Waals surface area contributed by atoms with Gasteiger partial charge in [-0.3, -0.25) is 28.2 Å². The Morgan fingerprint density at radius 2 is 1.51 bits per heavy atom. The van der Waals surface area contributed by atoms with Crippen molar-refractivity contribution in [1.82, 2.24) is 30.9 Å². The highest BCUT2D eigenvalue weighted by Crippen LogP contribution is 2.40. The fourth-order valence-electron chi connectivity index (χ4n) is 9.67. The van der Waals surface area contributed by atoms with E-state index in [0.29, 0.717) is 6.42 Å². The lowest BCUT2D eigenvalue weighted by atomic mass is 9.75. The minimum Gasteiger partial charge on any atom is -0.479 e. The van der Waals surface area contributed by atoms with Crippen molar-refractivity contribution in [3.8, 4) is 0 Å². The summed E-state index contributed by atoms with van der Waals surface area (Å²) in [6.07, 6.45) is -11.6. The monoisotopic (exact) mass is 1110 g/mol. The average molecular weight is 1110 g/mol. The van der Waals surface area contributed by atoms with Crippen molar-refractivity contribution < 1.29 is 113 Å². The lowest BCUT2D eigenvalue weighted by Crippen LogP contribution is -2.67. The van der Waals surface area contributed by atoms with E-state index < -0.39 is 174 Å². The number of nitrogens with one attached hydrogen (secondary N) is 3. The number of aliphatic hydroxyl groups excluding tert-OH is 6. The normalized spacial score (nSPS) is 31.8. The van der Waals surface area contributed by atoms with Gasteiger partial charge in [-0.2, -0.15) is 16.8 Å². The van der Waals surface area contributed by atoms with Crippen molar-refractivity contribution in [2.75, 3.05) is 39.5 Å². The van der Waals surface area contributed by atoms with E-state index in [-0.39, 0.29) is 44.0 Å². The van der Waals surface area contributed by atoms with Gasteiger partial charge < -0.3 is 75.4 Å². The van der Waals surface area contributed by atoms with Crippen LogP contribution in [0.4, 0.5) is 0 Å². The predicted molar refractivity (Wildman–Crippen MR) is 245 cm³/mol. The first-order valence-electron chi connectivity index (χ1n) is 24.2. The zero-order chi connectivity index (χ0) is 54.7. The van der Waals surface area contributed by atoms with Gasteiger partial charge >= 0.3 is 26.8 Å². The van der Waals surface area contributed by atoms with Crippen LogP contribution in [-0.2, 0) is 73.8 Å². The first-order valence-corrected chi connectivity index (χ1v) is 26.9. The quantitative estimate of drug-likeness (QED) is 0.0312. The average Bonchev–Trinajstić information content (AvgIpc) is 3.82. The summed E-state index contributed by atoms with van der Waals surface area (Å²) >= 11 is 0. The molecule has 2 saturated heterocycles. The van der Waals surface area contributed by atoms with Crippen LogP contribution in [0.2, 0.25) is 0 Å². The minimum atomic E-state index is -5.11. The second kappa shape index (κ2) is 27.1. The van der Waals surface area contributed by atoms with Crippen LogP contribution in [0.5, 0.6) is 0 Å². The Kier molecular flexibility index (Phi) is 22.4. The zero-order valence-electron chi connectivity index (χ0n) is 40.9. The molecule has 0 spiro atoms. The summed E-state index contributed by atoms with van der Waals surface area (Å²) in [5.74, 6) is -4.76. The topological polar surface area (TPSA) is 450 Å². The van der Waals surface area contributed by atoms with Crippen molar-refractivity contribution in [2.45, 2.75) is 165 Å². The number of carboxylic acids is 1. The molecule has 4 aliphatic rings. The molecule has 15 atom stereocenters. The third-order valence-electron chi connectivity index (χ3n) is 13.7. The molecule has 3 amide bonds. The molecule has 1 aromatic heterocycles. The maximum absolute atomic E-state index is 14.0. The van der Waals surface area contributed by atoms with E-state index in [1.165, 1.54) is 6.92 Å². The van der Waals surface area contributed by atoms with E-state index in [2.05, 4.69) is 34.6 Å². The third kappa shape index (κ3) is 17.2. The molecule has 0 aromatic carbocycles. The van der Waals surface area contributed by atoms with E-state index in [1.807, 2.05) is 0 Å². The number of amides is 3. The fourth-order valence-corrected chi connectivity index (χ4v) is 10.5. The smallest absolute Gasteiger partial charge is 0.397 e. The summed E-state index contributed by atoms with van der Waals surface area (Å²) in [6.45, 7) is -0.569. The maximum Gasteiger partial charge on any atom is 0.397 e. The molecule has 7 unspecified atom stereocenters. The summed E-state index contributed by atoms with van der Waals surface area (Å²) < 4.78 is 104. The van der Waals surface area contributed by atoms with E-state index >= 15 is 0 Å². The first kappa shape index (κ1) is 61.2. The molecule has 5 rings (SSSR count). The number of aromatic nitrogens is 3. The molecule has 424 valence electrons. The molecule has 4 fully saturated rings. The molecule has 2 aliphatic carbocycles. The number of hydrogen-bond acceptors (Lipinski definition) is 23. The molecular weight excluding hydrogens is 1040 g/mol. The van der Waals surface area contributed by atoms with E-state index in [1.54, 1.807) is 6.92 Å². The van der Waals surface area contributed by atoms with Crippen LogP contribution in [0.3, 0.4) is 0 Å². The lowest BCUT2D eigenvalue weighted by molar-refractivity contribution is -0.338. The number of aliphatic hydroxyl groups is 6. The Labute approximate surface area is 426 Å². The number of hydrogen-bond donors (Lipinski definition) is 12. The number of carboxylic acid groups (broad SMARTS) is 1. The number of carbonyl (C=O) groups excluding carboxylic acids is 3. The Morgan fingerprint density at radius 1 is 0.865 bits per heavy atom. The number of carbonyl (C=O) groups is 4. The van der Waals surface area contributed by atoms with Gasteiger partial charge in [-0.1, -0.05) is 50.7 Å². The highest BCUT2D eigenvalue weighted by Gasteiger charge is 2.53. The first-order chi connectivity index (χ1) is 34.8. The third-order valence-corrected chi connectivity index (χ3v) is 14.5. The molecular formula is C42H70N6O24S2. The molecule has 30 nitrogen and oxygen atoms in total. The van der Waals surface area contributed by atoms with Gasteiger partial charge in [0, 0.05) is 25.9 Å². The number of rotatable bonds is 26. The van der Waals surface area contributed by atoms with Crippen molar-refractivity contribution in [2.24, 2.45) is 23.2 Å². The van der Waals surface area contributed by atoms with Crippen LogP contribution in [0.15, 0.2) is 6.20 Å². The molecule has 3 heterocycles. The molecule has 1 aromatic rings. The van der Waals surface area contributed by atoms with Crippen LogP contribution in [0.25, 0.3) is 0 Å². The largest absolute Gasteiger partial charge is 0.479 e. The predicted octanol–water partition coefficient (Wildman–Crippen LogP) is -3.83. The Morgan fingerprint density at radius 3 is 2.09 bits per heavy atom.